The standard InChI is InChI=1S/C14H21N3O2/c1-10-8-14(13(15)18,9-17(10)2)16-11-4-6-12(19-3)7-5-11/h4-7,10,16H,8-9H2,1-3H3,(H2,15,18). The third-order valence-electron chi connectivity index (χ3n) is 3.86. The highest BCUT2D eigenvalue weighted by Crippen LogP contribution is 2.30. The normalized spacial score (nSPS) is 27.2. The number of benzene rings is 1. The molecule has 1 aromatic carbocycles. The van der Waals surface area contributed by atoms with Gasteiger partial charge in [0.2, 0.25) is 5.91 Å². The number of nitrogens with zero attached hydrogens (tertiary/aromatic N) is 1. The lowest BCUT2D eigenvalue weighted by molar-refractivity contribution is -0.121. The van der Waals surface area contributed by atoms with Crippen LogP contribution in [0.15, 0.2) is 24.3 Å². The van der Waals surface area contributed by atoms with Gasteiger partial charge in [0, 0.05) is 18.3 Å². The number of amides is 1. The minimum atomic E-state index is -0.692. The van der Waals surface area contributed by atoms with Crippen molar-refractivity contribution in [2.45, 2.75) is 24.9 Å². The zero-order valence-corrected chi connectivity index (χ0v) is 11.6. The van der Waals surface area contributed by atoms with E-state index in [1.165, 1.54) is 0 Å². The lowest BCUT2D eigenvalue weighted by atomic mass is 9.95. The van der Waals surface area contributed by atoms with Crippen molar-refractivity contribution in [3.05, 3.63) is 24.3 Å². The summed E-state index contributed by atoms with van der Waals surface area (Å²) in [5.74, 6) is 0.482. The van der Waals surface area contributed by atoms with E-state index >= 15 is 0 Å². The first-order valence-corrected chi connectivity index (χ1v) is 6.39. The molecule has 1 saturated heterocycles. The smallest absolute Gasteiger partial charge is 0.244 e. The molecule has 1 fully saturated rings. The van der Waals surface area contributed by atoms with Gasteiger partial charge in [-0.25, -0.2) is 0 Å². The van der Waals surface area contributed by atoms with Gasteiger partial charge in [0.05, 0.1) is 7.11 Å². The van der Waals surface area contributed by atoms with Crippen molar-refractivity contribution in [3.63, 3.8) is 0 Å². The summed E-state index contributed by atoms with van der Waals surface area (Å²) in [7, 11) is 3.63. The first-order valence-electron chi connectivity index (χ1n) is 6.39. The molecule has 5 nitrogen and oxygen atoms in total. The molecular formula is C14H21N3O2. The number of hydrogen-bond acceptors (Lipinski definition) is 4. The van der Waals surface area contributed by atoms with Crippen LogP contribution in [-0.4, -0.2) is 43.1 Å². The van der Waals surface area contributed by atoms with E-state index in [0.717, 1.165) is 11.4 Å². The number of nitrogens with two attached hydrogens (primary N) is 1. The van der Waals surface area contributed by atoms with Gasteiger partial charge in [-0.1, -0.05) is 0 Å². The molecule has 1 aliphatic heterocycles. The first kappa shape index (κ1) is 13.7. The number of anilines is 1. The average molecular weight is 263 g/mol. The van der Waals surface area contributed by atoms with Gasteiger partial charge in [0.25, 0.3) is 0 Å². The van der Waals surface area contributed by atoms with Crippen molar-refractivity contribution in [2.24, 2.45) is 5.73 Å². The summed E-state index contributed by atoms with van der Waals surface area (Å²) >= 11 is 0. The molecule has 3 N–H and O–H groups in total. The Kier molecular flexibility index (Phi) is 3.66. The third kappa shape index (κ3) is 2.66. The second kappa shape index (κ2) is 5.09. The van der Waals surface area contributed by atoms with Gasteiger partial charge < -0.3 is 20.7 Å². The second-order valence-electron chi connectivity index (χ2n) is 5.27. The van der Waals surface area contributed by atoms with Crippen molar-refractivity contribution in [2.75, 3.05) is 26.0 Å². The Balaban J connectivity index is 2.19. The first-order chi connectivity index (χ1) is 8.97. The summed E-state index contributed by atoms with van der Waals surface area (Å²) in [5, 5.41) is 3.29. The Morgan fingerprint density at radius 3 is 2.53 bits per heavy atom. The Morgan fingerprint density at radius 2 is 2.11 bits per heavy atom. The van der Waals surface area contributed by atoms with Gasteiger partial charge in [-0.2, -0.15) is 0 Å². The van der Waals surface area contributed by atoms with E-state index in [4.69, 9.17) is 10.5 Å². The van der Waals surface area contributed by atoms with E-state index in [-0.39, 0.29) is 5.91 Å². The average Bonchev–Trinajstić information content (AvgIpc) is 2.67. The molecule has 0 spiro atoms. The number of methoxy groups -OCH3 is 1. The lowest BCUT2D eigenvalue weighted by Gasteiger charge is -2.28. The summed E-state index contributed by atoms with van der Waals surface area (Å²) in [6.07, 6.45) is 0.713. The van der Waals surface area contributed by atoms with Crippen LogP contribution in [-0.2, 0) is 4.79 Å². The van der Waals surface area contributed by atoms with Crippen molar-refractivity contribution < 1.29 is 9.53 Å². The summed E-state index contributed by atoms with van der Waals surface area (Å²) < 4.78 is 5.12. The van der Waals surface area contributed by atoms with Crippen LogP contribution in [0.3, 0.4) is 0 Å². The molecule has 1 aromatic rings. The van der Waals surface area contributed by atoms with Crippen molar-refractivity contribution in [3.8, 4) is 5.75 Å². The number of likely N-dealkylation sites (tertiary alicyclic amines) is 1. The van der Waals surface area contributed by atoms with Crippen LogP contribution in [0.4, 0.5) is 5.69 Å². The number of likely N-dealkylation sites (N-methyl/N-ethyl adjacent to an activating group) is 1. The summed E-state index contributed by atoms with van der Waals surface area (Å²) in [4.78, 5) is 14.0. The minimum absolute atomic E-state index is 0.306. The van der Waals surface area contributed by atoms with E-state index in [0.29, 0.717) is 19.0 Å². The molecule has 5 heteroatoms. The van der Waals surface area contributed by atoms with E-state index in [1.807, 2.05) is 31.3 Å². The zero-order valence-electron chi connectivity index (χ0n) is 11.6. The summed E-state index contributed by atoms with van der Waals surface area (Å²) in [6, 6.07) is 7.84. The molecule has 1 aliphatic rings. The monoisotopic (exact) mass is 263 g/mol. The number of carbonyl (C=O) groups is 1. The molecule has 2 atom stereocenters. The molecule has 2 unspecified atom stereocenters. The highest BCUT2D eigenvalue weighted by molar-refractivity contribution is 5.89. The van der Waals surface area contributed by atoms with E-state index < -0.39 is 5.54 Å². The van der Waals surface area contributed by atoms with E-state index in [9.17, 15) is 4.79 Å². The Morgan fingerprint density at radius 1 is 1.47 bits per heavy atom. The second-order valence-corrected chi connectivity index (χ2v) is 5.27. The topological polar surface area (TPSA) is 67.6 Å². The number of carbonyl (C=O) groups excluding carboxylic acids is 1. The predicted octanol–water partition coefficient (Wildman–Crippen LogP) is 1.06. The minimum Gasteiger partial charge on any atom is -0.497 e. The van der Waals surface area contributed by atoms with Crippen molar-refractivity contribution in [1.29, 1.82) is 0 Å². The van der Waals surface area contributed by atoms with Crippen LogP contribution in [0.1, 0.15) is 13.3 Å². The van der Waals surface area contributed by atoms with Crippen LogP contribution in [0, 0.1) is 0 Å². The number of ether oxygens (including phenoxy) is 1. The Hall–Kier alpha value is -1.75. The quantitative estimate of drug-likeness (QED) is 0.852. The molecule has 19 heavy (non-hydrogen) atoms. The molecule has 0 radical (unpaired) electrons. The molecule has 0 bridgehead atoms. The zero-order chi connectivity index (χ0) is 14.0. The van der Waals surface area contributed by atoms with Gasteiger partial charge in [-0.3, -0.25) is 4.79 Å². The molecule has 2 rings (SSSR count). The van der Waals surface area contributed by atoms with Crippen LogP contribution < -0.4 is 15.8 Å². The number of primary amides is 1. The molecule has 1 amide bonds. The lowest BCUT2D eigenvalue weighted by Crippen LogP contribution is -2.52. The predicted molar refractivity (Wildman–Crippen MR) is 75.3 cm³/mol. The highest BCUT2D eigenvalue weighted by atomic mass is 16.5. The fourth-order valence-electron chi connectivity index (χ4n) is 2.59. The maximum Gasteiger partial charge on any atom is 0.244 e. The maximum absolute atomic E-state index is 11.9. The van der Waals surface area contributed by atoms with Crippen molar-refractivity contribution >= 4 is 11.6 Å². The highest BCUT2D eigenvalue weighted by Gasteiger charge is 2.45. The Labute approximate surface area is 113 Å². The van der Waals surface area contributed by atoms with Gasteiger partial charge in [0.1, 0.15) is 11.3 Å². The molecule has 104 valence electrons. The van der Waals surface area contributed by atoms with Gasteiger partial charge in [-0.05, 0) is 44.7 Å². The summed E-state index contributed by atoms with van der Waals surface area (Å²) in [6.45, 7) is 2.72. The molecule has 0 saturated carbocycles. The Bertz CT molecular complexity index is 448. The van der Waals surface area contributed by atoms with Crippen LogP contribution in [0.25, 0.3) is 0 Å². The SMILES string of the molecule is COc1ccc(NC2(C(N)=O)CC(C)N(C)C2)cc1. The third-order valence-corrected chi connectivity index (χ3v) is 3.86. The van der Waals surface area contributed by atoms with Gasteiger partial charge >= 0.3 is 0 Å². The summed E-state index contributed by atoms with van der Waals surface area (Å²) in [5.41, 5.74) is 5.79. The number of hydrogen-bond donors (Lipinski definition) is 2. The molecule has 0 aliphatic carbocycles. The van der Waals surface area contributed by atoms with Crippen molar-refractivity contribution in [1.82, 2.24) is 4.90 Å². The van der Waals surface area contributed by atoms with E-state index in [2.05, 4.69) is 17.1 Å². The largest absolute Gasteiger partial charge is 0.497 e. The number of rotatable bonds is 4. The molecular weight excluding hydrogens is 242 g/mol. The molecule has 0 aromatic heterocycles. The van der Waals surface area contributed by atoms with Crippen LogP contribution in [0.5, 0.6) is 5.75 Å². The van der Waals surface area contributed by atoms with Crippen LogP contribution >= 0.6 is 0 Å². The maximum atomic E-state index is 11.9. The van der Waals surface area contributed by atoms with E-state index in [1.54, 1.807) is 7.11 Å². The fraction of sp³-hybridized carbons (Fsp3) is 0.500. The van der Waals surface area contributed by atoms with Gasteiger partial charge in [0.15, 0.2) is 0 Å². The number of nitrogens with one attached hydrogen (secondary N) is 1. The van der Waals surface area contributed by atoms with Crippen LogP contribution in [0.2, 0.25) is 0 Å². The fourth-order valence-corrected chi connectivity index (χ4v) is 2.59. The molecule has 1 heterocycles. The van der Waals surface area contributed by atoms with Gasteiger partial charge in [-0.15, -0.1) is 0 Å².